The van der Waals surface area contributed by atoms with Crippen molar-refractivity contribution in [1.82, 2.24) is 0 Å². The number of carboxylic acid groups (broad SMARTS) is 1. The van der Waals surface area contributed by atoms with Gasteiger partial charge in [-0.3, -0.25) is 4.79 Å². The summed E-state index contributed by atoms with van der Waals surface area (Å²) in [7, 11) is 0. The fourth-order valence-electron chi connectivity index (χ4n) is 4.06. The fourth-order valence-corrected chi connectivity index (χ4v) is 4.06. The molecule has 0 saturated heterocycles. The average molecular weight is 326 g/mol. The Morgan fingerprint density at radius 2 is 1.42 bits per heavy atom. The Labute approximate surface area is 141 Å². The van der Waals surface area contributed by atoms with E-state index < -0.39 is 17.3 Å². The van der Waals surface area contributed by atoms with Gasteiger partial charge in [0.05, 0.1) is 5.92 Å². The predicted molar refractivity (Wildman–Crippen MR) is 91.1 cm³/mol. The lowest BCUT2D eigenvalue weighted by molar-refractivity contribution is -0.145. The number of rotatable bonds is 3. The van der Waals surface area contributed by atoms with Crippen LogP contribution in [0.15, 0.2) is 48.5 Å². The minimum absolute atomic E-state index is 0.163. The van der Waals surface area contributed by atoms with Crippen molar-refractivity contribution >= 4 is 5.97 Å². The largest absolute Gasteiger partial charge is 0.508 e. The monoisotopic (exact) mass is 326 g/mol. The Bertz CT molecular complexity index is 673. The second-order valence-electron chi connectivity index (χ2n) is 6.84. The van der Waals surface area contributed by atoms with Crippen molar-refractivity contribution in [2.75, 3.05) is 0 Å². The normalized spacial score (nSPS) is 22.9. The van der Waals surface area contributed by atoms with Gasteiger partial charge in [-0.25, -0.2) is 0 Å². The van der Waals surface area contributed by atoms with Crippen molar-refractivity contribution in [3.8, 4) is 11.5 Å². The van der Waals surface area contributed by atoms with Gasteiger partial charge in [0.15, 0.2) is 0 Å². The van der Waals surface area contributed by atoms with Crippen LogP contribution in [0.2, 0.25) is 0 Å². The summed E-state index contributed by atoms with van der Waals surface area (Å²) in [5.74, 6) is -0.669. The summed E-state index contributed by atoms with van der Waals surface area (Å²) in [5, 5.41) is 29.2. The number of carboxylic acids is 1. The molecule has 1 aliphatic carbocycles. The number of aromatic hydroxyl groups is 2. The van der Waals surface area contributed by atoms with Gasteiger partial charge in [-0.1, -0.05) is 31.2 Å². The highest BCUT2D eigenvalue weighted by molar-refractivity contribution is 5.74. The molecule has 1 aliphatic rings. The number of phenolic OH excluding ortho intramolecular Hbond substituents is 2. The highest BCUT2D eigenvalue weighted by Crippen LogP contribution is 2.50. The fraction of sp³-hybridized carbons (Fsp3) is 0.350. The summed E-state index contributed by atoms with van der Waals surface area (Å²) in [6.45, 7) is 2.09. The van der Waals surface area contributed by atoms with E-state index in [0.29, 0.717) is 12.3 Å². The number of phenols is 2. The zero-order chi connectivity index (χ0) is 17.3. The van der Waals surface area contributed by atoms with E-state index in [1.807, 2.05) is 24.3 Å². The van der Waals surface area contributed by atoms with Crippen molar-refractivity contribution in [2.45, 2.75) is 31.6 Å². The molecular formula is C20H22O4. The van der Waals surface area contributed by atoms with Gasteiger partial charge >= 0.3 is 5.97 Å². The molecule has 0 radical (unpaired) electrons. The van der Waals surface area contributed by atoms with E-state index in [4.69, 9.17) is 0 Å². The van der Waals surface area contributed by atoms with Gasteiger partial charge in [0.2, 0.25) is 0 Å². The first-order valence-electron chi connectivity index (χ1n) is 8.25. The van der Waals surface area contributed by atoms with E-state index in [1.54, 1.807) is 24.3 Å². The Morgan fingerprint density at radius 3 is 1.83 bits per heavy atom. The van der Waals surface area contributed by atoms with E-state index in [1.165, 1.54) is 0 Å². The molecule has 0 aromatic heterocycles. The Morgan fingerprint density at radius 1 is 0.958 bits per heavy atom. The Kier molecular flexibility index (Phi) is 4.22. The molecule has 126 valence electrons. The van der Waals surface area contributed by atoms with Gasteiger partial charge < -0.3 is 15.3 Å². The van der Waals surface area contributed by atoms with Crippen LogP contribution in [0.1, 0.15) is 37.3 Å². The van der Waals surface area contributed by atoms with Gasteiger partial charge in [0.25, 0.3) is 0 Å². The summed E-state index contributed by atoms with van der Waals surface area (Å²) in [6, 6.07) is 13.7. The van der Waals surface area contributed by atoms with Crippen molar-refractivity contribution in [1.29, 1.82) is 0 Å². The number of hydrogen-bond donors (Lipinski definition) is 3. The number of benzene rings is 2. The van der Waals surface area contributed by atoms with E-state index in [2.05, 4.69) is 6.92 Å². The van der Waals surface area contributed by atoms with Crippen LogP contribution in [0.5, 0.6) is 11.5 Å². The maximum atomic E-state index is 12.1. The molecule has 2 unspecified atom stereocenters. The summed E-state index contributed by atoms with van der Waals surface area (Å²) >= 11 is 0. The van der Waals surface area contributed by atoms with Crippen LogP contribution in [-0.4, -0.2) is 21.3 Å². The molecule has 24 heavy (non-hydrogen) atoms. The lowest BCUT2D eigenvalue weighted by Crippen LogP contribution is -2.45. The molecule has 4 heteroatoms. The molecule has 0 bridgehead atoms. The lowest BCUT2D eigenvalue weighted by atomic mass is 9.57. The summed E-state index contributed by atoms with van der Waals surface area (Å²) in [4.78, 5) is 12.1. The van der Waals surface area contributed by atoms with Crippen molar-refractivity contribution in [3.63, 3.8) is 0 Å². The van der Waals surface area contributed by atoms with Gasteiger partial charge in [-0.15, -0.1) is 0 Å². The highest BCUT2D eigenvalue weighted by Gasteiger charge is 2.48. The second kappa shape index (κ2) is 6.19. The van der Waals surface area contributed by atoms with Gasteiger partial charge in [-0.2, -0.15) is 0 Å². The first kappa shape index (κ1) is 16.4. The number of carbonyl (C=O) groups is 1. The van der Waals surface area contributed by atoms with Crippen LogP contribution in [0.3, 0.4) is 0 Å². The summed E-state index contributed by atoms with van der Waals surface area (Å²) in [6.07, 6.45) is 2.27. The maximum Gasteiger partial charge on any atom is 0.307 e. The average Bonchev–Trinajstić information content (AvgIpc) is 2.56. The van der Waals surface area contributed by atoms with Gasteiger partial charge in [0.1, 0.15) is 11.5 Å². The molecule has 2 atom stereocenters. The number of hydrogen-bond acceptors (Lipinski definition) is 3. The molecule has 3 N–H and O–H groups in total. The zero-order valence-electron chi connectivity index (χ0n) is 13.6. The molecule has 0 heterocycles. The van der Waals surface area contributed by atoms with Crippen molar-refractivity contribution in [3.05, 3.63) is 59.7 Å². The Hall–Kier alpha value is -2.49. The molecular weight excluding hydrogens is 304 g/mol. The molecule has 1 fully saturated rings. The van der Waals surface area contributed by atoms with Gasteiger partial charge in [0, 0.05) is 5.41 Å². The van der Waals surface area contributed by atoms with Crippen molar-refractivity contribution in [2.24, 2.45) is 11.8 Å². The lowest BCUT2D eigenvalue weighted by Gasteiger charge is -2.45. The molecule has 1 saturated carbocycles. The van der Waals surface area contributed by atoms with Crippen LogP contribution in [0, 0.1) is 11.8 Å². The summed E-state index contributed by atoms with van der Waals surface area (Å²) in [5.41, 5.74) is 1.13. The second-order valence-corrected chi connectivity index (χ2v) is 6.84. The van der Waals surface area contributed by atoms with Crippen LogP contribution < -0.4 is 0 Å². The maximum absolute atomic E-state index is 12.1. The van der Waals surface area contributed by atoms with Gasteiger partial charge in [-0.05, 0) is 60.6 Å². The quantitative estimate of drug-likeness (QED) is 0.799. The van der Waals surface area contributed by atoms with E-state index in [-0.39, 0.29) is 11.5 Å². The van der Waals surface area contributed by atoms with Crippen LogP contribution in [0.25, 0.3) is 0 Å². The molecule has 3 rings (SSSR count). The standard InChI is InChI=1S/C20H22O4/c1-13-10-11-20(18(12-13)19(23)24,14-2-6-16(21)7-3-14)15-4-8-17(22)9-5-15/h2-9,13,18,21-22H,10-12H2,1H3,(H,23,24). The molecule has 4 nitrogen and oxygen atoms in total. The Balaban J connectivity index is 2.21. The molecule has 2 aromatic rings. The molecule has 0 amide bonds. The predicted octanol–water partition coefficient (Wildman–Crippen LogP) is 3.90. The van der Waals surface area contributed by atoms with E-state index >= 15 is 0 Å². The first-order valence-corrected chi connectivity index (χ1v) is 8.25. The van der Waals surface area contributed by atoms with Crippen LogP contribution in [0.4, 0.5) is 0 Å². The number of aliphatic carboxylic acids is 1. The minimum Gasteiger partial charge on any atom is -0.508 e. The molecule has 0 aliphatic heterocycles. The smallest absolute Gasteiger partial charge is 0.307 e. The third kappa shape index (κ3) is 2.73. The molecule has 0 spiro atoms. The van der Waals surface area contributed by atoms with Crippen LogP contribution >= 0.6 is 0 Å². The van der Waals surface area contributed by atoms with Crippen molar-refractivity contribution < 1.29 is 20.1 Å². The zero-order valence-corrected chi connectivity index (χ0v) is 13.6. The van der Waals surface area contributed by atoms with E-state index in [9.17, 15) is 20.1 Å². The third-order valence-electron chi connectivity index (χ3n) is 5.33. The summed E-state index contributed by atoms with van der Waals surface area (Å²) < 4.78 is 0. The highest BCUT2D eigenvalue weighted by atomic mass is 16.4. The van der Waals surface area contributed by atoms with Crippen LogP contribution in [-0.2, 0) is 10.2 Å². The minimum atomic E-state index is -0.803. The third-order valence-corrected chi connectivity index (χ3v) is 5.33. The first-order chi connectivity index (χ1) is 11.4. The van der Waals surface area contributed by atoms with E-state index in [0.717, 1.165) is 24.0 Å². The topological polar surface area (TPSA) is 77.8 Å². The SMILES string of the molecule is CC1CCC(c2ccc(O)cc2)(c2ccc(O)cc2)C(C(=O)O)C1. The molecule has 2 aromatic carbocycles.